The molecule has 0 saturated heterocycles. The monoisotopic (exact) mass is 388 g/mol. The van der Waals surface area contributed by atoms with Crippen molar-refractivity contribution in [2.24, 2.45) is 0 Å². The molecule has 146 valence electrons. The summed E-state index contributed by atoms with van der Waals surface area (Å²) < 4.78 is 7.87. The number of nitrogen functional groups attached to an aromatic ring is 1. The third kappa shape index (κ3) is 3.27. The van der Waals surface area contributed by atoms with Crippen LogP contribution >= 0.6 is 0 Å². The number of nitrogens with two attached hydrogens (primary N) is 1. The van der Waals surface area contributed by atoms with Crippen LogP contribution in [0.3, 0.4) is 0 Å². The zero-order valence-corrected chi connectivity index (χ0v) is 16.1. The highest BCUT2D eigenvalue weighted by atomic mass is 16.5. The summed E-state index contributed by atoms with van der Waals surface area (Å²) in [6.07, 6.45) is 0. The molecule has 0 saturated carbocycles. The standard InChI is InChI=1S/C22H20N4O3/c1-14-8-10-15(11-9-14)13-25-18(27)12-17(21(28)29-2)20-19(24-22(23)26(20)25)16-6-4-3-5-7-16/h3-12H,13H2,1-2H3,(H2,23,24). The van der Waals surface area contributed by atoms with E-state index in [9.17, 15) is 9.59 Å². The van der Waals surface area contributed by atoms with Crippen molar-refractivity contribution in [3.63, 3.8) is 0 Å². The van der Waals surface area contributed by atoms with E-state index in [1.54, 1.807) is 0 Å². The summed E-state index contributed by atoms with van der Waals surface area (Å²) in [5.74, 6) is -0.500. The molecule has 0 bridgehead atoms. The highest BCUT2D eigenvalue weighted by molar-refractivity contribution is 6.01. The fraction of sp³-hybridized carbons (Fsp3) is 0.136. The second-order valence-corrected chi connectivity index (χ2v) is 6.78. The zero-order chi connectivity index (χ0) is 20.5. The van der Waals surface area contributed by atoms with E-state index in [4.69, 9.17) is 10.5 Å². The second kappa shape index (κ2) is 7.27. The van der Waals surface area contributed by atoms with Crippen LogP contribution < -0.4 is 11.3 Å². The number of carbonyl (C=O) groups excluding carboxylic acids is 1. The highest BCUT2D eigenvalue weighted by Gasteiger charge is 2.23. The Hall–Kier alpha value is -3.87. The predicted molar refractivity (Wildman–Crippen MR) is 111 cm³/mol. The largest absolute Gasteiger partial charge is 0.465 e. The number of aryl methyl sites for hydroxylation is 1. The van der Waals surface area contributed by atoms with E-state index < -0.39 is 5.97 Å². The van der Waals surface area contributed by atoms with Gasteiger partial charge < -0.3 is 10.5 Å². The molecule has 0 spiro atoms. The smallest absolute Gasteiger partial charge is 0.340 e. The van der Waals surface area contributed by atoms with Crippen LogP contribution in [0, 0.1) is 6.92 Å². The molecule has 4 rings (SSSR count). The van der Waals surface area contributed by atoms with Gasteiger partial charge >= 0.3 is 5.97 Å². The van der Waals surface area contributed by atoms with Crippen LogP contribution in [0.15, 0.2) is 65.5 Å². The van der Waals surface area contributed by atoms with E-state index in [0.717, 1.165) is 16.7 Å². The number of ether oxygens (including phenoxy) is 1. The minimum Gasteiger partial charge on any atom is -0.465 e. The molecule has 4 aromatic rings. The Bertz CT molecular complexity index is 1260. The number of esters is 1. The number of methoxy groups -OCH3 is 1. The number of rotatable bonds is 4. The van der Waals surface area contributed by atoms with Crippen molar-refractivity contribution in [1.82, 2.24) is 14.2 Å². The van der Waals surface area contributed by atoms with Crippen molar-refractivity contribution < 1.29 is 9.53 Å². The van der Waals surface area contributed by atoms with E-state index in [2.05, 4.69) is 4.98 Å². The number of hydrogen-bond donors (Lipinski definition) is 1. The van der Waals surface area contributed by atoms with Gasteiger partial charge in [0.25, 0.3) is 5.56 Å². The Morgan fingerprint density at radius 1 is 1.10 bits per heavy atom. The summed E-state index contributed by atoms with van der Waals surface area (Å²) in [7, 11) is 1.28. The topological polar surface area (TPSA) is 91.6 Å². The fourth-order valence-electron chi connectivity index (χ4n) is 3.36. The third-order valence-electron chi connectivity index (χ3n) is 4.80. The summed E-state index contributed by atoms with van der Waals surface area (Å²) in [6.45, 7) is 2.28. The first-order chi connectivity index (χ1) is 14.0. The van der Waals surface area contributed by atoms with Crippen LogP contribution in [0.5, 0.6) is 0 Å². The van der Waals surface area contributed by atoms with Crippen LogP contribution in [0.25, 0.3) is 16.8 Å². The predicted octanol–water partition coefficient (Wildman–Crippen LogP) is 2.89. The van der Waals surface area contributed by atoms with Crippen LogP contribution in [-0.4, -0.2) is 27.3 Å². The molecule has 2 N–H and O–H groups in total. The van der Waals surface area contributed by atoms with Crippen molar-refractivity contribution >= 4 is 17.4 Å². The molecule has 0 amide bonds. The molecule has 29 heavy (non-hydrogen) atoms. The fourth-order valence-corrected chi connectivity index (χ4v) is 3.36. The van der Waals surface area contributed by atoms with Gasteiger partial charge in [0.2, 0.25) is 5.95 Å². The van der Waals surface area contributed by atoms with Gasteiger partial charge in [-0.25, -0.2) is 19.0 Å². The van der Waals surface area contributed by atoms with Gasteiger partial charge in [0.15, 0.2) is 0 Å². The molecule has 0 unspecified atom stereocenters. The molecule has 0 aliphatic heterocycles. The van der Waals surface area contributed by atoms with E-state index in [1.807, 2.05) is 61.5 Å². The first kappa shape index (κ1) is 18.5. The minimum absolute atomic E-state index is 0.119. The molecule has 7 heteroatoms. The van der Waals surface area contributed by atoms with E-state index in [1.165, 1.54) is 22.4 Å². The molecule has 0 atom stereocenters. The molecule has 0 aliphatic rings. The number of aromatic nitrogens is 3. The molecule has 0 aliphatic carbocycles. The highest BCUT2D eigenvalue weighted by Crippen LogP contribution is 2.28. The number of carbonyl (C=O) groups is 1. The van der Waals surface area contributed by atoms with E-state index >= 15 is 0 Å². The maximum Gasteiger partial charge on any atom is 0.340 e. The summed E-state index contributed by atoms with van der Waals surface area (Å²) in [5, 5.41) is 0. The summed E-state index contributed by atoms with van der Waals surface area (Å²) in [5.41, 5.74) is 9.76. The first-order valence-electron chi connectivity index (χ1n) is 9.11. The van der Waals surface area contributed by atoms with Gasteiger partial charge in [-0.1, -0.05) is 60.2 Å². The summed E-state index contributed by atoms with van der Waals surface area (Å²) in [6, 6.07) is 18.5. The lowest BCUT2D eigenvalue weighted by Gasteiger charge is -2.13. The van der Waals surface area contributed by atoms with Crippen LogP contribution in [0.4, 0.5) is 5.95 Å². The Morgan fingerprint density at radius 3 is 2.45 bits per heavy atom. The lowest BCUT2D eigenvalue weighted by atomic mass is 10.1. The van der Waals surface area contributed by atoms with Gasteiger partial charge in [-0.05, 0) is 12.5 Å². The number of anilines is 1. The maximum atomic E-state index is 12.9. The van der Waals surface area contributed by atoms with Crippen LogP contribution in [-0.2, 0) is 11.3 Å². The quantitative estimate of drug-likeness (QED) is 0.543. The zero-order valence-electron chi connectivity index (χ0n) is 16.1. The van der Waals surface area contributed by atoms with Gasteiger partial charge in [0.1, 0.15) is 11.2 Å². The normalized spacial score (nSPS) is 11.0. The minimum atomic E-state index is -0.619. The average Bonchev–Trinajstić information content (AvgIpc) is 3.08. The van der Waals surface area contributed by atoms with Gasteiger partial charge in [-0.3, -0.25) is 4.79 Å². The van der Waals surface area contributed by atoms with Crippen molar-refractivity contribution in [1.29, 1.82) is 0 Å². The lowest BCUT2D eigenvalue weighted by Crippen LogP contribution is -2.29. The Balaban J connectivity index is 2.02. The Morgan fingerprint density at radius 2 is 1.79 bits per heavy atom. The number of fused-ring (bicyclic) bond motifs is 1. The SMILES string of the molecule is COC(=O)c1cc(=O)n(Cc2ccc(C)cc2)n2c(N)nc(-c3ccccc3)c12. The Kier molecular flexibility index (Phi) is 4.64. The summed E-state index contributed by atoms with van der Waals surface area (Å²) in [4.78, 5) is 29.8. The van der Waals surface area contributed by atoms with E-state index in [-0.39, 0.29) is 23.6 Å². The Labute approximate surface area is 167 Å². The van der Waals surface area contributed by atoms with Crippen molar-refractivity contribution in [2.45, 2.75) is 13.5 Å². The first-order valence-corrected chi connectivity index (χ1v) is 9.11. The molecule has 7 nitrogen and oxygen atoms in total. The van der Waals surface area contributed by atoms with Gasteiger partial charge in [0.05, 0.1) is 19.2 Å². The van der Waals surface area contributed by atoms with Gasteiger partial charge in [-0.15, -0.1) is 0 Å². The van der Waals surface area contributed by atoms with E-state index in [0.29, 0.717) is 11.2 Å². The van der Waals surface area contributed by atoms with Gasteiger partial charge in [-0.2, -0.15) is 0 Å². The molecule has 2 heterocycles. The second-order valence-electron chi connectivity index (χ2n) is 6.78. The van der Waals surface area contributed by atoms with Gasteiger partial charge in [0, 0.05) is 11.6 Å². The maximum absolute atomic E-state index is 12.9. The molecule has 0 radical (unpaired) electrons. The third-order valence-corrected chi connectivity index (χ3v) is 4.80. The molecule has 0 fully saturated rings. The molecule has 2 aromatic carbocycles. The van der Waals surface area contributed by atoms with Crippen molar-refractivity contribution in [2.75, 3.05) is 12.8 Å². The van der Waals surface area contributed by atoms with Crippen LogP contribution in [0.2, 0.25) is 0 Å². The van der Waals surface area contributed by atoms with Crippen LogP contribution in [0.1, 0.15) is 21.5 Å². The molecule has 2 aromatic heterocycles. The lowest BCUT2D eigenvalue weighted by molar-refractivity contribution is 0.0602. The number of imidazole rings is 1. The van der Waals surface area contributed by atoms with Crippen molar-refractivity contribution in [3.05, 3.63) is 87.7 Å². The number of nitrogens with zero attached hydrogens (tertiary/aromatic N) is 3. The average molecular weight is 388 g/mol. The van der Waals surface area contributed by atoms with Crippen molar-refractivity contribution in [3.8, 4) is 11.3 Å². The molecular formula is C22H20N4O3. The number of benzene rings is 2. The number of hydrogen-bond acceptors (Lipinski definition) is 5. The summed E-state index contributed by atoms with van der Waals surface area (Å²) >= 11 is 0. The molecular weight excluding hydrogens is 368 g/mol.